The molecule has 2 aromatic carbocycles. The van der Waals surface area contributed by atoms with Gasteiger partial charge in [-0.25, -0.2) is 18.0 Å². The van der Waals surface area contributed by atoms with Crippen LogP contribution in [0.2, 0.25) is 0 Å². The standard InChI is InChI=1S/C24H29N3O5S/c1-32-22-10-9-20(15-21(22)27-23(28)11-12-24(27)29)33(30,31)25-16-18-7-3-4-8-19(18)17-26-13-5-2-6-14-26/h3-4,7-10,15,25H,2,5-6,11-14,16-17H2,1H3. The average Bonchev–Trinajstić information content (AvgIpc) is 3.16. The molecule has 33 heavy (non-hydrogen) atoms. The van der Waals surface area contributed by atoms with Crippen LogP contribution in [0, 0.1) is 0 Å². The molecule has 2 fully saturated rings. The molecule has 2 amide bonds. The number of carbonyl (C=O) groups is 2. The number of methoxy groups -OCH3 is 1. The minimum absolute atomic E-state index is 0.0284. The number of hydrogen-bond acceptors (Lipinski definition) is 6. The summed E-state index contributed by atoms with van der Waals surface area (Å²) in [6, 6.07) is 12.0. The third kappa shape index (κ3) is 5.26. The van der Waals surface area contributed by atoms with Gasteiger partial charge in [0, 0.05) is 25.9 Å². The molecule has 0 atom stereocenters. The summed E-state index contributed by atoms with van der Waals surface area (Å²) >= 11 is 0. The number of carbonyl (C=O) groups excluding carboxylic acids is 2. The highest BCUT2D eigenvalue weighted by atomic mass is 32.2. The summed E-state index contributed by atoms with van der Waals surface area (Å²) in [5.41, 5.74) is 2.18. The fraction of sp³-hybridized carbons (Fsp3) is 0.417. The number of benzene rings is 2. The van der Waals surface area contributed by atoms with E-state index in [1.165, 1.54) is 44.6 Å². The van der Waals surface area contributed by atoms with E-state index < -0.39 is 10.0 Å². The Morgan fingerprint density at radius 3 is 2.27 bits per heavy atom. The molecule has 8 nitrogen and oxygen atoms in total. The minimum Gasteiger partial charge on any atom is -0.495 e. The van der Waals surface area contributed by atoms with Crippen LogP contribution in [0.25, 0.3) is 0 Å². The van der Waals surface area contributed by atoms with E-state index in [1.54, 1.807) is 0 Å². The van der Waals surface area contributed by atoms with Gasteiger partial charge >= 0.3 is 0 Å². The van der Waals surface area contributed by atoms with Gasteiger partial charge in [0.25, 0.3) is 0 Å². The van der Waals surface area contributed by atoms with Gasteiger partial charge in [-0.05, 0) is 55.3 Å². The number of piperidine rings is 1. The third-order valence-electron chi connectivity index (χ3n) is 6.17. The Kier molecular flexibility index (Phi) is 7.11. The van der Waals surface area contributed by atoms with E-state index in [2.05, 4.69) is 9.62 Å². The first-order valence-corrected chi connectivity index (χ1v) is 12.7. The smallest absolute Gasteiger partial charge is 0.240 e. The summed E-state index contributed by atoms with van der Waals surface area (Å²) in [6.45, 7) is 3.06. The summed E-state index contributed by atoms with van der Waals surface area (Å²) in [6.07, 6.45) is 3.85. The Morgan fingerprint density at radius 2 is 1.61 bits per heavy atom. The molecule has 0 aliphatic carbocycles. The van der Waals surface area contributed by atoms with Gasteiger partial charge in [-0.2, -0.15) is 0 Å². The molecule has 0 aromatic heterocycles. The largest absolute Gasteiger partial charge is 0.495 e. The summed E-state index contributed by atoms with van der Waals surface area (Å²) < 4.78 is 34.1. The summed E-state index contributed by atoms with van der Waals surface area (Å²) in [5.74, 6) is -0.468. The number of anilines is 1. The summed E-state index contributed by atoms with van der Waals surface area (Å²) in [7, 11) is -2.48. The van der Waals surface area contributed by atoms with E-state index in [1.807, 2.05) is 24.3 Å². The first-order valence-electron chi connectivity index (χ1n) is 11.2. The lowest BCUT2D eigenvalue weighted by molar-refractivity contribution is -0.121. The SMILES string of the molecule is COc1ccc(S(=O)(=O)NCc2ccccc2CN2CCCCC2)cc1N1C(=O)CCC1=O. The van der Waals surface area contributed by atoms with E-state index in [-0.39, 0.29) is 47.5 Å². The zero-order chi connectivity index (χ0) is 23.4. The molecule has 0 spiro atoms. The van der Waals surface area contributed by atoms with Gasteiger partial charge in [-0.3, -0.25) is 14.5 Å². The van der Waals surface area contributed by atoms with Crippen LogP contribution in [-0.4, -0.2) is 45.3 Å². The molecule has 2 aliphatic heterocycles. The Hall–Kier alpha value is -2.75. The topological polar surface area (TPSA) is 96.0 Å². The van der Waals surface area contributed by atoms with Crippen LogP contribution < -0.4 is 14.4 Å². The fourth-order valence-electron chi connectivity index (χ4n) is 4.36. The van der Waals surface area contributed by atoms with Gasteiger partial charge in [-0.15, -0.1) is 0 Å². The summed E-state index contributed by atoms with van der Waals surface area (Å²) in [5, 5.41) is 0. The maximum absolute atomic E-state index is 13.1. The number of amides is 2. The molecule has 0 unspecified atom stereocenters. The molecule has 2 aliphatic rings. The second-order valence-corrected chi connectivity index (χ2v) is 10.2. The van der Waals surface area contributed by atoms with Crippen molar-refractivity contribution in [1.82, 2.24) is 9.62 Å². The van der Waals surface area contributed by atoms with E-state index in [0.717, 1.165) is 35.7 Å². The second kappa shape index (κ2) is 10.0. The Labute approximate surface area is 194 Å². The zero-order valence-corrected chi connectivity index (χ0v) is 19.6. The number of likely N-dealkylation sites (tertiary alicyclic amines) is 1. The van der Waals surface area contributed by atoms with Gasteiger partial charge in [0.1, 0.15) is 5.75 Å². The van der Waals surface area contributed by atoms with E-state index in [0.29, 0.717) is 0 Å². The monoisotopic (exact) mass is 471 g/mol. The number of nitrogens with one attached hydrogen (secondary N) is 1. The Balaban J connectivity index is 1.54. The average molecular weight is 472 g/mol. The highest BCUT2D eigenvalue weighted by Crippen LogP contribution is 2.34. The van der Waals surface area contributed by atoms with E-state index >= 15 is 0 Å². The van der Waals surface area contributed by atoms with Gasteiger partial charge in [-0.1, -0.05) is 30.7 Å². The van der Waals surface area contributed by atoms with Crippen molar-refractivity contribution in [3.63, 3.8) is 0 Å². The first-order chi connectivity index (χ1) is 15.9. The highest BCUT2D eigenvalue weighted by Gasteiger charge is 2.33. The van der Waals surface area contributed by atoms with Crippen molar-refractivity contribution in [1.29, 1.82) is 0 Å². The molecule has 2 aromatic rings. The van der Waals surface area contributed by atoms with E-state index in [4.69, 9.17) is 4.74 Å². The van der Waals surface area contributed by atoms with Gasteiger partial charge in [0.15, 0.2) is 0 Å². The predicted octanol–water partition coefficient (Wildman–Crippen LogP) is 2.81. The van der Waals surface area contributed by atoms with Crippen LogP contribution in [0.5, 0.6) is 5.75 Å². The van der Waals surface area contributed by atoms with Crippen LogP contribution in [0.3, 0.4) is 0 Å². The Bertz CT molecular complexity index is 1130. The number of nitrogens with zero attached hydrogens (tertiary/aromatic N) is 2. The number of rotatable bonds is 8. The molecular formula is C24H29N3O5S. The fourth-order valence-corrected chi connectivity index (χ4v) is 5.38. The van der Waals surface area contributed by atoms with Crippen LogP contribution in [-0.2, 0) is 32.7 Å². The molecule has 9 heteroatoms. The first kappa shape index (κ1) is 23.4. The van der Waals surface area contributed by atoms with Gasteiger partial charge in [0.2, 0.25) is 21.8 Å². The number of imide groups is 1. The molecule has 0 radical (unpaired) electrons. The van der Waals surface area contributed by atoms with Gasteiger partial charge < -0.3 is 4.74 Å². The van der Waals surface area contributed by atoms with Crippen LogP contribution in [0.4, 0.5) is 5.69 Å². The van der Waals surface area contributed by atoms with Crippen LogP contribution in [0.1, 0.15) is 43.2 Å². The lowest BCUT2D eigenvalue weighted by Crippen LogP contribution is -2.30. The molecule has 176 valence electrons. The number of hydrogen-bond donors (Lipinski definition) is 1. The lowest BCUT2D eigenvalue weighted by atomic mass is 10.1. The maximum Gasteiger partial charge on any atom is 0.240 e. The van der Waals surface area contributed by atoms with E-state index in [9.17, 15) is 18.0 Å². The predicted molar refractivity (Wildman–Crippen MR) is 124 cm³/mol. The number of sulfonamides is 1. The van der Waals surface area contributed by atoms with Crippen molar-refractivity contribution in [2.75, 3.05) is 25.1 Å². The molecule has 0 bridgehead atoms. The van der Waals surface area contributed by atoms with Gasteiger partial charge in [0.05, 0.1) is 17.7 Å². The summed E-state index contributed by atoms with van der Waals surface area (Å²) in [4.78, 5) is 27.8. The minimum atomic E-state index is -3.89. The molecule has 1 N–H and O–H groups in total. The van der Waals surface area contributed by atoms with Crippen molar-refractivity contribution < 1.29 is 22.7 Å². The van der Waals surface area contributed by atoms with Crippen LogP contribution >= 0.6 is 0 Å². The number of ether oxygens (including phenoxy) is 1. The normalized spacial score (nSPS) is 17.5. The molecule has 4 rings (SSSR count). The second-order valence-electron chi connectivity index (χ2n) is 8.39. The quantitative estimate of drug-likeness (QED) is 0.595. The third-order valence-corrected chi connectivity index (χ3v) is 7.57. The molecular weight excluding hydrogens is 442 g/mol. The molecule has 2 heterocycles. The highest BCUT2D eigenvalue weighted by molar-refractivity contribution is 7.89. The lowest BCUT2D eigenvalue weighted by Gasteiger charge is -2.27. The molecule has 2 saturated heterocycles. The molecule has 0 saturated carbocycles. The van der Waals surface area contributed by atoms with Crippen molar-refractivity contribution in [2.24, 2.45) is 0 Å². The zero-order valence-electron chi connectivity index (χ0n) is 18.7. The van der Waals surface area contributed by atoms with Crippen molar-refractivity contribution >= 4 is 27.5 Å². The van der Waals surface area contributed by atoms with Crippen molar-refractivity contribution in [3.8, 4) is 5.75 Å². The van der Waals surface area contributed by atoms with Crippen molar-refractivity contribution in [2.45, 2.75) is 50.1 Å². The van der Waals surface area contributed by atoms with Crippen molar-refractivity contribution in [3.05, 3.63) is 53.6 Å². The maximum atomic E-state index is 13.1. The van der Waals surface area contributed by atoms with Crippen LogP contribution in [0.15, 0.2) is 47.4 Å². The Morgan fingerprint density at radius 1 is 0.939 bits per heavy atom.